The van der Waals surface area contributed by atoms with Gasteiger partial charge in [-0.15, -0.1) is 0 Å². The van der Waals surface area contributed by atoms with E-state index < -0.39 is 18.6 Å². The van der Waals surface area contributed by atoms with Gasteiger partial charge in [0.1, 0.15) is 11.3 Å². The Balaban J connectivity index is 3.20. The Morgan fingerprint density at radius 2 is 1.72 bits per heavy atom. The van der Waals surface area contributed by atoms with Gasteiger partial charge in [0, 0.05) is 0 Å². The molecule has 1 aromatic carbocycles. The van der Waals surface area contributed by atoms with Crippen LogP contribution in [0.5, 0.6) is 5.75 Å². The third kappa shape index (κ3) is 3.16. The summed E-state index contributed by atoms with van der Waals surface area (Å²) < 4.78 is 37.3. The Morgan fingerprint density at radius 1 is 1.11 bits per heavy atom. The highest BCUT2D eigenvalue weighted by Crippen LogP contribution is 2.23. The molecular weight excluding hydrogens is 250 g/mol. The number of benzene rings is 1. The lowest BCUT2D eigenvalue weighted by Crippen LogP contribution is -2.11. The van der Waals surface area contributed by atoms with Crippen LogP contribution in [0.1, 0.15) is 20.7 Å². The van der Waals surface area contributed by atoms with Crippen LogP contribution in [0.4, 0.5) is 8.78 Å². The second-order valence-corrected chi connectivity index (χ2v) is 3.07. The van der Waals surface area contributed by atoms with Crippen LogP contribution in [0, 0.1) is 0 Å². The molecule has 1 rings (SSSR count). The maximum Gasteiger partial charge on any atom is 0.387 e. The molecule has 0 radical (unpaired) electrons. The van der Waals surface area contributed by atoms with Crippen molar-refractivity contribution in [3.8, 4) is 5.75 Å². The van der Waals surface area contributed by atoms with Crippen LogP contribution in [-0.4, -0.2) is 32.8 Å². The fraction of sp³-hybridized carbons (Fsp3) is 0.273. The Morgan fingerprint density at radius 3 is 2.22 bits per heavy atom. The highest BCUT2D eigenvalue weighted by molar-refractivity contribution is 5.97. The van der Waals surface area contributed by atoms with E-state index in [4.69, 9.17) is 0 Å². The van der Waals surface area contributed by atoms with E-state index in [2.05, 4.69) is 14.2 Å². The maximum atomic E-state index is 12.1. The van der Waals surface area contributed by atoms with Gasteiger partial charge in [-0.05, 0) is 18.2 Å². The molecule has 0 heterocycles. The lowest BCUT2D eigenvalue weighted by molar-refractivity contribution is -0.0504. The van der Waals surface area contributed by atoms with Crippen molar-refractivity contribution in [2.75, 3.05) is 14.2 Å². The van der Waals surface area contributed by atoms with Crippen LogP contribution < -0.4 is 4.74 Å². The fourth-order valence-electron chi connectivity index (χ4n) is 1.24. The molecular formula is C11H10F2O5. The SMILES string of the molecule is COC(=O)c1ccc(OC(F)F)c(C(=O)OC)c1. The Hall–Kier alpha value is -2.18. The number of halogens is 2. The van der Waals surface area contributed by atoms with Crippen LogP contribution >= 0.6 is 0 Å². The third-order valence-electron chi connectivity index (χ3n) is 2.02. The van der Waals surface area contributed by atoms with Gasteiger partial charge in [-0.25, -0.2) is 9.59 Å². The van der Waals surface area contributed by atoms with Crippen molar-refractivity contribution >= 4 is 11.9 Å². The van der Waals surface area contributed by atoms with Crippen molar-refractivity contribution in [3.05, 3.63) is 29.3 Å². The van der Waals surface area contributed by atoms with Crippen LogP contribution in [0.2, 0.25) is 0 Å². The summed E-state index contributed by atoms with van der Waals surface area (Å²) in [5, 5.41) is 0. The molecule has 0 aromatic heterocycles. The van der Waals surface area contributed by atoms with Gasteiger partial charge < -0.3 is 14.2 Å². The largest absolute Gasteiger partial charge is 0.465 e. The first-order valence-corrected chi connectivity index (χ1v) is 4.75. The molecule has 0 aliphatic rings. The number of alkyl halides is 2. The topological polar surface area (TPSA) is 61.8 Å². The molecule has 0 N–H and O–H groups in total. The molecule has 7 heteroatoms. The van der Waals surface area contributed by atoms with E-state index in [-0.39, 0.29) is 16.9 Å². The minimum absolute atomic E-state index is 0.0273. The van der Waals surface area contributed by atoms with Crippen LogP contribution in [0.3, 0.4) is 0 Å². The van der Waals surface area contributed by atoms with Gasteiger partial charge in [0.15, 0.2) is 0 Å². The Kier molecular flexibility index (Phi) is 4.59. The molecule has 0 aliphatic carbocycles. The Labute approximate surface area is 101 Å². The van der Waals surface area contributed by atoms with Gasteiger partial charge in [-0.2, -0.15) is 8.78 Å². The number of hydrogen-bond donors (Lipinski definition) is 0. The second kappa shape index (κ2) is 5.95. The molecule has 0 saturated carbocycles. The first-order chi connectivity index (χ1) is 8.49. The van der Waals surface area contributed by atoms with Crippen LogP contribution in [-0.2, 0) is 9.47 Å². The molecule has 0 saturated heterocycles. The van der Waals surface area contributed by atoms with Gasteiger partial charge in [0.25, 0.3) is 0 Å². The zero-order valence-corrected chi connectivity index (χ0v) is 9.61. The van der Waals surface area contributed by atoms with E-state index in [1.165, 1.54) is 6.07 Å². The number of esters is 2. The highest BCUT2D eigenvalue weighted by Gasteiger charge is 2.19. The summed E-state index contributed by atoms with van der Waals surface area (Å²) >= 11 is 0. The van der Waals surface area contributed by atoms with Crippen molar-refractivity contribution < 1.29 is 32.6 Å². The van der Waals surface area contributed by atoms with E-state index in [0.29, 0.717) is 0 Å². The lowest BCUT2D eigenvalue weighted by atomic mass is 10.1. The monoisotopic (exact) mass is 260 g/mol. The van der Waals surface area contributed by atoms with E-state index in [1.54, 1.807) is 0 Å². The predicted molar refractivity (Wildman–Crippen MR) is 55.8 cm³/mol. The van der Waals surface area contributed by atoms with Crippen molar-refractivity contribution in [1.29, 1.82) is 0 Å². The highest BCUT2D eigenvalue weighted by atomic mass is 19.3. The van der Waals surface area contributed by atoms with E-state index >= 15 is 0 Å². The molecule has 0 unspecified atom stereocenters. The number of hydrogen-bond acceptors (Lipinski definition) is 5. The molecule has 0 atom stereocenters. The lowest BCUT2D eigenvalue weighted by Gasteiger charge is -2.10. The quantitative estimate of drug-likeness (QED) is 0.773. The maximum absolute atomic E-state index is 12.1. The first kappa shape index (κ1) is 13.9. The summed E-state index contributed by atoms with van der Waals surface area (Å²) in [5.74, 6) is -1.97. The van der Waals surface area contributed by atoms with E-state index in [9.17, 15) is 18.4 Å². The van der Waals surface area contributed by atoms with Crippen LogP contribution in [0.15, 0.2) is 18.2 Å². The zero-order chi connectivity index (χ0) is 13.7. The molecule has 0 spiro atoms. The van der Waals surface area contributed by atoms with Gasteiger partial charge >= 0.3 is 18.6 Å². The average molecular weight is 260 g/mol. The number of methoxy groups -OCH3 is 2. The summed E-state index contributed by atoms with van der Waals surface area (Å²) in [5.41, 5.74) is -0.250. The standard InChI is InChI=1S/C11H10F2O5/c1-16-9(14)6-3-4-8(18-11(12)13)7(5-6)10(15)17-2/h3-5,11H,1-2H3. The van der Waals surface area contributed by atoms with Crippen molar-refractivity contribution in [2.24, 2.45) is 0 Å². The van der Waals surface area contributed by atoms with E-state index in [1.807, 2.05) is 0 Å². The molecule has 98 valence electrons. The minimum atomic E-state index is -3.09. The number of ether oxygens (including phenoxy) is 3. The molecule has 1 aromatic rings. The Bertz CT molecular complexity index is 459. The summed E-state index contributed by atoms with van der Waals surface area (Å²) in [4.78, 5) is 22.6. The number of carbonyl (C=O) groups excluding carboxylic acids is 2. The average Bonchev–Trinajstić information content (AvgIpc) is 2.36. The molecule has 18 heavy (non-hydrogen) atoms. The predicted octanol–water partition coefficient (Wildman–Crippen LogP) is 1.86. The summed E-state index contributed by atoms with van der Waals surface area (Å²) in [6, 6.07) is 3.34. The smallest absolute Gasteiger partial charge is 0.387 e. The number of carbonyl (C=O) groups is 2. The second-order valence-electron chi connectivity index (χ2n) is 3.07. The van der Waals surface area contributed by atoms with Gasteiger partial charge in [-0.1, -0.05) is 0 Å². The van der Waals surface area contributed by atoms with Gasteiger partial charge in [0.05, 0.1) is 19.8 Å². The first-order valence-electron chi connectivity index (χ1n) is 4.75. The normalized spacial score (nSPS) is 10.1. The number of rotatable bonds is 4. The fourth-order valence-corrected chi connectivity index (χ4v) is 1.24. The zero-order valence-electron chi connectivity index (χ0n) is 9.61. The van der Waals surface area contributed by atoms with E-state index in [0.717, 1.165) is 26.4 Å². The minimum Gasteiger partial charge on any atom is -0.465 e. The van der Waals surface area contributed by atoms with Crippen molar-refractivity contribution in [3.63, 3.8) is 0 Å². The summed E-state index contributed by atoms with van der Waals surface area (Å²) in [6.07, 6.45) is 0. The summed E-state index contributed by atoms with van der Waals surface area (Å²) in [6.45, 7) is -3.09. The summed E-state index contributed by atoms with van der Waals surface area (Å²) in [7, 11) is 2.24. The van der Waals surface area contributed by atoms with Gasteiger partial charge in [0.2, 0.25) is 0 Å². The molecule has 0 fully saturated rings. The van der Waals surface area contributed by atoms with Crippen LogP contribution in [0.25, 0.3) is 0 Å². The molecule has 0 amide bonds. The van der Waals surface area contributed by atoms with Gasteiger partial charge in [-0.3, -0.25) is 0 Å². The molecule has 0 aliphatic heterocycles. The van der Waals surface area contributed by atoms with Crippen molar-refractivity contribution in [2.45, 2.75) is 6.61 Å². The van der Waals surface area contributed by atoms with Crippen molar-refractivity contribution in [1.82, 2.24) is 0 Å². The molecule has 0 bridgehead atoms. The molecule has 5 nitrogen and oxygen atoms in total. The third-order valence-corrected chi connectivity index (χ3v) is 2.02.